The maximum absolute atomic E-state index is 9.96. The number of halogens is 1. The number of rotatable bonds is 4. The monoisotopic (exact) mass is 268 g/mol. The Hall–Kier alpha value is -1.29. The minimum atomic E-state index is 0.348. The normalized spacial score (nSPS) is 10.5. The molecule has 0 aliphatic heterocycles. The smallest absolute Gasteiger partial charge is 0.293 e. The molecule has 2 rings (SSSR count). The van der Waals surface area contributed by atoms with Crippen LogP contribution in [-0.4, -0.2) is 13.1 Å². The molecule has 1 aromatic carbocycles. The van der Waals surface area contributed by atoms with Crippen LogP contribution >= 0.6 is 15.9 Å². The van der Waals surface area contributed by atoms with E-state index in [2.05, 4.69) is 20.7 Å². The van der Waals surface area contributed by atoms with E-state index in [-0.39, 0.29) is 0 Å². The summed E-state index contributed by atoms with van der Waals surface area (Å²) >= 11 is 3.41. The molecule has 0 fully saturated rings. The van der Waals surface area contributed by atoms with Crippen LogP contribution in [0.1, 0.15) is 5.76 Å². The molecule has 4 heteroatoms. The molecular formula is C11H9BrO3. The lowest BCUT2D eigenvalue weighted by atomic mass is 10.2. The van der Waals surface area contributed by atoms with Crippen molar-refractivity contribution in [1.82, 2.24) is 0 Å². The number of hydrogen-bond donors (Lipinski definition) is 0. The van der Waals surface area contributed by atoms with E-state index in [4.69, 9.17) is 4.42 Å². The Kier molecular flexibility index (Phi) is 3.06. The van der Waals surface area contributed by atoms with Crippen molar-refractivity contribution >= 4 is 33.4 Å². The largest absolute Gasteiger partial charge is 0.467 e. The minimum absolute atomic E-state index is 0.348. The Morgan fingerprint density at radius 3 is 3.07 bits per heavy atom. The van der Waals surface area contributed by atoms with Gasteiger partial charge in [-0.2, -0.15) is 0 Å². The molecule has 1 aromatic heterocycles. The highest BCUT2D eigenvalue weighted by atomic mass is 79.9. The number of furan rings is 1. The van der Waals surface area contributed by atoms with Crippen LogP contribution in [0.5, 0.6) is 0 Å². The van der Waals surface area contributed by atoms with E-state index in [0.717, 1.165) is 21.2 Å². The summed E-state index contributed by atoms with van der Waals surface area (Å²) in [4.78, 5) is 9.96. The van der Waals surface area contributed by atoms with Crippen molar-refractivity contribution in [1.29, 1.82) is 0 Å². The predicted octanol–water partition coefficient (Wildman–Crippen LogP) is 2.91. The molecule has 0 bridgehead atoms. The number of fused-ring (bicyclic) bond motifs is 1. The van der Waals surface area contributed by atoms with Crippen molar-refractivity contribution in [3.8, 4) is 0 Å². The Balaban J connectivity index is 2.23. The Bertz CT molecular complexity index is 476. The van der Waals surface area contributed by atoms with Gasteiger partial charge in [-0.25, -0.2) is 0 Å². The number of carbonyl (C=O) groups excluding carboxylic acids is 1. The average Bonchev–Trinajstić information content (AvgIpc) is 2.63. The first-order valence-corrected chi connectivity index (χ1v) is 5.33. The van der Waals surface area contributed by atoms with E-state index >= 15 is 0 Å². The minimum Gasteiger partial charge on any atom is -0.467 e. The molecular weight excluding hydrogens is 260 g/mol. The molecule has 0 aliphatic rings. The van der Waals surface area contributed by atoms with Gasteiger partial charge in [0.15, 0.2) is 0 Å². The lowest BCUT2D eigenvalue weighted by Gasteiger charge is -1.94. The van der Waals surface area contributed by atoms with Crippen LogP contribution in [0.2, 0.25) is 0 Å². The van der Waals surface area contributed by atoms with E-state index in [1.54, 1.807) is 0 Å². The van der Waals surface area contributed by atoms with Gasteiger partial charge in [0.2, 0.25) is 0 Å². The standard InChI is InChI=1S/C11H9BrO3/c12-10-3-1-2-8-6-9(15-11(8)10)4-5-14-7-13/h1-3,6-7H,4-5H2. The number of para-hydroxylation sites is 1. The first kappa shape index (κ1) is 10.2. The Morgan fingerprint density at radius 1 is 1.47 bits per heavy atom. The third kappa shape index (κ3) is 2.21. The van der Waals surface area contributed by atoms with Crippen molar-refractivity contribution < 1.29 is 13.9 Å². The third-order valence-electron chi connectivity index (χ3n) is 2.08. The lowest BCUT2D eigenvalue weighted by Crippen LogP contribution is -1.94. The Labute approximate surface area is 95.1 Å². The van der Waals surface area contributed by atoms with Crippen molar-refractivity contribution in [3.63, 3.8) is 0 Å². The van der Waals surface area contributed by atoms with Crippen molar-refractivity contribution in [2.24, 2.45) is 0 Å². The highest BCUT2D eigenvalue weighted by Crippen LogP contribution is 2.26. The fourth-order valence-electron chi connectivity index (χ4n) is 1.41. The highest BCUT2D eigenvalue weighted by Gasteiger charge is 2.06. The van der Waals surface area contributed by atoms with E-state index in [1.165, 1.54) is 0 Å². The van der Waals surface area contributed by atoms with Gasteiger partial charge in [-0.05, 0) is 28.1 Å². The second-order valence-electron chi connectivity index (χ2n) is 3.09. The second-order valence-corrected chi connectivity index (χ2v) is 3.94. The first-order valence-electron chi connectivity index (χ1n) is 4.53. The summed E-state index contributed by atoms with van der Waals surface area (Å²) in [7, 11) is 0. The molecule has 0 saturated heterocycles. The number of benzene rings is 1. The molecule has 0 N–H and O–H groups in total. The third-order valence-corrected chi connectivity index (χ3v) is 2.71. The Morgan fingerprint density at radius 2 is 2.33 bits per heavy atom. The molecule has 0 atom stereocenters. The summed E-state index contributed by atoms with van der Waals surface area (Å²) in [5.74, 6) is 0.818. The molecule has 3 nitrogen and oxygen atoms in total. The van der Waals surface area contributed by atoms with E-state index in [9.17, 15) is 4.79 Å². The lowest BCUT2D eigenvalue weighted by molar-refractivity contribution is -0.128. The maximum Gasteiger partial charge on any atom is 0.293 e. The zero-order valence-corrected chi connectivity index (χ0v) is 9.49. The zero-order chi connectivity index (χ0) is 10.7. The number of ether oxygens (including phenoxy) is 1. The summed E-state index contributed by atoms with van der Waals surface area (Å²) in [6.45, 7) is 0.791. The summed E-state index contributed by atoms with van der Waals surface area (Å²) in [6.07, 6.45) is 0.597. The van der Waals surface area contributed by atoms with Crippen LogP contribution in [0.3, 0.4) is 0 Å². The number of hydrogen-bond acceptors (Lipinski definition) is 3. The van der Waals surface area contributed by atoms with Gasteiger partial charge >= 0.3 is 0 Å². The van der Waals surface area contributed by atoms with Gasteiger partial charge in [0.25, 0.3) is 6.47 Å². The molecule has 0 spiro atoms. The maximum atomic E-state index is 9.96. The summed E-state index contributed by atoms with van der Waals surface area (Å²) in [5, 5.41) is 1.05. The number of carbonyl (C=O) groups is 1. The quantitative estimate of drug-likeness (QED) is 0.632. The van der Waals surface area contributed by atoms with Crippen LogP contribution in [-0.2, 0) is 16.0 Å². The fraction of sp³-hybridized carbons (Fsp3) is 0.182. The van der Waals surface area contributed by atoms with Crippen molar-refractivity contribution in [2.45, 2.75) is 6.42 Å². The fourth-order valence-corrected chi connectivity index (χ4v) is 1.87. The molecule has 0 amide bonds. The van der Waals surface area contributed by atoms with Crippen LogP contribution in [0.4, 0.5) is 0 Å². The molecule has 0 radical (unpaired) electrons. The molecule has 0 unspecified atom stereocenters. The SMILES string of the molecule is O=COCCc1cc2cccc(Br)c2o1. The van der Waals surface area contributed by atoms with Gasteiger partial charge in [-0.15, -0.1) is 0 Å². The van der Waals surface area contributed by atoms with Gasteiger partial charge in [-0.1, -0.05) is 12.1 Å². The summed E-state index contributed by atoms with van der Waals surface area (Å²) in [5.41, 5.74) is 0.832. The predicted molar refractivity (Wildman–Crippen MR) is 59.6 cm³/mol. The first-order chi connectivity index (χ1) is 7.31. The van der Waals surface area contributed by atoms with E-state index < -0.39 is 0 Å². The highest BCUT2D eigenvalue weighted by molar-refractivity contribution is 9.10. The van der Waals surface area contributed by atoms with Gasteiger partial charge in [0.05, 0.1) is 11.1 Å². The van der Waals surface area contributed by atoms with Gasteiger partial charge in [0, 0.05) is 11.8 Å². The van der Waals surface area contributed by atoms with Crippen molar-refractivity contribution in [3.05, 3.63) is 34.5 Å². The summed E-state index contributed by atoms with van der Waals surface area (Å²) < 4.78 is 11.1. The van der Waals surface area contributed by atoms with Crippen LogP contribution in [0, 0.1) is 0 Å². The topological polar surface area (TPSA) is 39.4 Å². The van der Waals surface area contributed by atoms with Gasteiger partial charge < -0.3 is 9.15 Å². The van der Waals surface area contributed by atoms with E-state index in [1.807, 2.05) is 24.3 Å². The van der Waals surface area contributed by atoms with Gasteiger partial charge in [-0.3, -0.25) is 4.79 Å². The van der Waals surface area contributed by atoms with Crippen LogP contribution in [0.25, 0.3) is 11.0 Å². The van der Waals surface area contributed by atoms with Crippen molar-refractivity contribution in [2.75, 3.05) is 6.61 Å². The van der Waals surface area contributed by atoms with E-state index in [0.29, 0.717) is 19.5 Å². The van der Waals surface area contributed by atoms with Gasteiger partial charge in [0.1, 0.15) is 11.3 Å². The molecule has 0 saturated carbocycles. The molecule has 1 heterocycles. The average molecular weight is 269 g/mol. The second kappa shape index (κ2) is 4.49. The molecule has 15 heavy (non-hydrogen) atoms. The molecule has 78 valence electrons. The molecule has 2 aromatic rings. The van der Waals surface area contributed by atoms with Crippen LogP contribution in [0.15, 0.2) is 33.2 Å². The summed E-state index contributed by atoms with van der Waals surface area (Å²) in [6, 6.07) is 7.81. The molecule has 0 aliphatic carbocycles. The van der Waals surface area contributed by atoms with Crippen LogP contribution < -0.4 is 0 Å². The zero-order valence-electron chi connectivity index (χ0n) is 7.90.